The number of anilines is 1. The number of rotatable bonds is 4. The molecule has 0 amide bonds. The molecule has 1 unspecified atom stereocenters. The largest absolute Gasteiger partial charge is 0.366 e. The van der Waals surface area contributed by atoms with Crippen molar-refractivity contribution < 1.29 is 0 Å². The minimum atomic E-state index is -0.371. The second-order valence-corrected chi connectivity index (χ2v) is 3.71. The summed E-state index contributed by atoms with van der Waals surface area (Å²) in [5.74, 6) is 4.87. The summed E-state index contributed by atoms with van der Waals surface area (Å²) < 4.78 is 1.15. The zero-order chi connectivity index (χ0) is 12.8. The summed E-state index contributed by atoms with van der Waals surface area (Å²) in [5, 5.41) is 6.96. The van der Waals surface area contributed by atoms with Gasteiger partial charge in [0, 0.05) is 0 Å². The molecule has 88 valence electrons. The van der Waals surface area contributed by atoms with Crippen LogP contribution in [0.4, 0.5) is 5.69 Å². The van der Waals surface area contributed by atoms with Gasteiger partial charge in [-0.05, 0) is 6.42 Å². The highest BCUT2D eigenvalue weighted by Gasteiger charge is 2.12. The van der Waals surface area contributed by atoms with Crippen molar-refractivity contribution in [2.24, 2.45) is 0 Å². The van der Waals surface area contributed by atoms with E-state index in [0.717, 1.165) is 4.68 Å². The van der Waals surface area contributed by atoms with Crippen LogP contribution in [0.2, 0.25) is 5.02 Å². The average Bonchev–Trinajstić information content (AvgIpc) is 2.33. The minimum Gasteiger partial charge on any atom is -0.366 e. The highest BCUT2D eigenvalue weighted by Crippen LogP contribution is 2.16. The lowest BCUT2D eigenvalue weighted by molar-refractivity contribution is 0.662. The minimum absolute atomic E-state index is 0.0948. The van der Waals surface area contributed by atoms with E-state index in [1.807, 2.05) is 6.92 Å². The van der Waals surface area contributed by atoms with Crippen LogP contribution < -0.4 is 10.9 Å². The molecule has 1 N–H and O–H groups in total. The first-order chi connectivity index (χ1) is 8.13. The Bertz CT molecular complexity index is 536. The first kappa shape index (κ1) is 13.2. The summed E-state index contributed by atoms with van der Waals surface area (Å²) in [6.07, 6.45) is 12.5. The van der Waals surface area contributed by atoms with Crippen molar-refractivity contribution in [3.05, 3.63) is 21.6 Å². The predicted octanol–water partition coefficient (Wildman–Crippen LogP) is 1.35. The molecule has 4 nitrogen and oxygen atoms in total. The summed E-state index contributed by atoms with van der Waals surface area (Å²) in [7, 11) is 0. The van der Waals surface area contributed by atoms with E-state index in [9.17, 15) is 4.79 Å². The van der Waals surface area contributed by atoms with Gasteiger partial charge in [-0.2, -0.15) is 5.10 Å². The Balaban J connectivity index is 3.15. The Labute approximate surface area is 105 Å². The third kappa shape index (κ3) is 3.03. The zero-order valence-electron chi connectivity index (χ0n) is 9.40. The molecule has 0 aliphatic heterocycles. The van der Waals surface area contributed by atoms with E-state index >= 15 is 0 Å². The summed E-state index contributed by atoms with van der Waals surface area (Å²) in [6.45, 7) is 2.00. The molecule has 1 atom stereocenters. The van der Waals surface area contributed by atoms with E-state index in [1.165, 1.54) is 6.20 Å². The van der Waals surface area contributed by atoms with E-state index in [-0.39, 0.29) is 28.9 Å². The van der Waals surface area contributed by atoms with Gasteiger partial charge in [-0.25, -0.2) is 4.68 Å². The van der Waals surface area contributed by atoms with E-state index in [2.05, 4.69) is 22.3 Å². The van der Waals surface area contributed by atoms with Gasteiger partial charge in [0.15, 0.2) is 0 Å². The molecule has 0 bridgehead atoms. The zero-order valence-corrected chi connectivity index (χ0v) is 10.2. The van der Waals surface area contributed by atoms with Crippen LogP contribution in [-0.4, -0.2) is 15.8 Å². The van der Waals surface area contributed by atoms with Gasteiger partial charge in [0.2, 0.25) is 0 Å². The van der Waals surface area contributed by atoms with E-state index < -0.39 is 0 Å². The maximum absolute atomic E-state index is 11.9. The number of hydrogen-bond acceptors (Lipinski definition) is 3. The van der Waals surface area contributed by atoms with Crippen LogP contribution in [0.25, 0.3) is 0 Å². The SMILES string of the molecule is C#CCn1ncc(Cl)c(NC(C#C)CC)c1=O. The Morgan fingerprint density at radius 2 is 2.35 bits per heavy atom. The van der Waals surface area contributed by atoms with Gasteiger partial charge in [-0.1, -0.05) is 30.4 Å². The van der Waals surface area contributed by atoms with Gasteiger partial charge in [0.05, 0.1) is 17.3 Å². The molecule has 17 heavy (non-hydrogen) atoms. The molecular weight excluding hydrogens is 238 g/mol. The first-order valence-corrected chi connectivity index (χ1v) is 5.43. The van der Waals surface area contributed by atoms with Crippen molar-refractivity contribution in [2.45, 2.75) is 25.9 Å². The normalized spacial score (nSPS) is 11.3. The molecule has 1 aromatic rings. The summed E-state index contributed by atoms with van der Waals surface area (Å²) in [4.78, 5) is 11.9. The Morgan fingerprint density at radius 1 is 1.65 bits per heavy atom. The smallest absolute Gasteiger partial charge is 0.292 e. The molecule has 0 radical (unpaired) electrons. The van der Waals surface area contributed by atoms with Crippen LogP contribution in [0, 0.1) is 24.7 Å². The van der Waals surface area contributed by atoms with Crippen LogP contribution in [0.1, 0.15) is 13.3 Å². The quantitative estimate of drug-likeness (QED) is 0.820. The predicted molar refractivity (Wildman–Crippen MR) is 68.9 cm³/mol. The highest BCUT2D eigenvalue weighted by atomic mass is 35.5. The fourth-order valence-electron chi connectivity index (χ4n) is 1.23. The molecule has 0 aromatic carbocycles. The van der Waals surface area contributed by atoms with Crippen molar-refractivity contribution in [2.75, 3.05) is 5.32 Å². The molecule has 0 saturated heterocycles. The maximum atomic E-state index is 11.9. The lowest BCUT2D eigenvalue weighted by atomic mass is 10.2. The van der Waals surface area contributed by atoms with Crippen LogP contribution in [-0.2, 0) is 6.54 Å². The van der Waals surface area contributed by atoms with Crippen molar-refractivity contribution in [3.63, 3.8) is 0 Å². The van der Waals surface area contributed by atoms with Crippen molar-refractivity contribution in [1.82, 2.24) is 9.78 Å². The molecule has 1 rings (SSSR count). The molecule has 0 aliphatic rings. The summed E-state index contributed by atoms with van der Waals surface area (Å²) in [6, 6.07) is -0.248. The summed E-state index contributed by atoms with van der Waals surface area (Å²) in [5.41, 5.74) is -0.133. The Hall–Kier alpha value is -1.91. The third-order valence-corrected chi connectivity index (χ3v) is 2.45. The number of aromatic nitrogens is 2. The van der Waals surface area contributed by atoms with Gasteiger partial charge in [0.25, 0.3) is 5.56 Å². The van der Waals surface area contributed by atoms with Gasteiger partial charge >= 0.3 is 0 Å². The van der Waals surface area contributed by atoms with Crippen molar-refractivity contribution >= 4 is 17.3 Å². The van der Waals surface area contributed by atoms with Crippen LogP contribution in [0.5, 0.6) is 0 Å². The highest BCUT2D eigenvalue weighted by molar-refractivity contribution is 6.33. The van der Waals surface area contributed by atoms with Gasteiger partial charge in [-0.15, -0.1) is 12.8 Å². The lowest BCUT2D eigenvalue weighted by Gasteiger charge is -2.13. The maximum Gasteiger partial charge on any atom is 0.292 e. The van der Waals surface area contributed by atoms with Crippen molar-refractivity contribution in [1.29, 1.82) is 0 Å². The van der Waals surface area contributed by atoms with Crippen LogP contribution >= 0.6 is 11.6 Å². The second-order valence-electron chi connectivity index (χ2n) is 3.31. The first-order valence-electron chi connectivity index (χ1n) is 5.05. The molecule has 0 fully saturated rings. The standard InChI is InChI=1S/C12H12ClN3O/c1-4-7-16-12(17)11(10(13)8-14-16)15-9(5-2)6-3/h1-2,8-9,15H,6-7H2,3H3. The van der Waals surface area contributed by atoms with Gasteiger partial charge < -0.3 is 5.32 Å². The lowest BCUT2D eigenvalue weighted by Crippen LogP contribution is -2.29. The second kappa shape index (κ2) is 5.98. The fraction of sp³-hybridized carbons (Fsp3) is 0.333. The Kier molecular flexibility index (Phi) is 4.63. The van der Waals surface area contributed by atoms with E-state index in [1.54, 1.807) is 0 Å². The van der Waals surface area contributed by atoms with Crippen LogP contribution in [0.15, 0.2) is 11.0 Å². The molecule has 0 saturated carbocycles. The van der Waals surface area contributed by atoms with Gasteiger partial charge in [-0.3, -0.25) is 4.79 Å². The number of terminal acetylenes is 2. The molecule has 0 aliphatic carbocycles. The molecular formula is C12H12ClN3O. The average molecular weight is 250 g/mol. The van der Waals surface area contributed by atoms with Crippen LogP contribution in [0.3, 0.4) is 0 Å². The monoisotopic (exact) mass is 249 g/mol. The topological polar surface area (TPSA) is 46.9 Å². The summed E-state index contributed by atoms with van der Waals surface area (Å²) >= 11 is 5.90. The number of nitrogens with one attached hydrogen (secondary N) is 1. The fourth-order valence-corrected chi connectivity index (χ4v) is 1.41. The Morgan fingerprint density at radius 3 is 2.88 bits per heavy atom. The van der Waals surface area contributed by atoms with E-state index in [4.69, 9.17) is 24.4 Å². The van der Waals surface area contributed by atoms with E-state index in [0.29, 0.717) is 6.42 Å². The van der Waals surface area contributed by atoms with Gasteiger partial charge in [0.1, 0.15) is 12.2 Å². The molecule has 0 spiro atoms. The number of hydrogen-bond donors (Lipinski definition) is 1. The molecule has 1 heterocycles. The number of nitrogens with zero attached hydrogens (tertiary/aromatic N) is 2. The molecule has 1 aromatic heterocycles. The number of halogens is 1. The molecule has 5 heteroatoms. The van der Waals surface area contributed by atoms with Crippen molar-refractivity contribution in [3.8, 4) is 24.7 Å². The third-order valence-electron chi connectivity index (χ3n) is 2.17.